The van der Waals surface area contributed by atoms with Crippen LogP contribution in [0.5, 0.6) is 5.75 Å². The minimum atomic E-state index is -0.0504. The number of hydrogen-bond donors (Lipinski definition) is 2. The summed E-state index contributed by atoms with van der Waals surface area (Å²) in [5, 5.41) is 12.1. The van der Waals surface area contributed by atoms with Gasteiger partial charge in [-0.3, -0.25) is 4.79 Å². The molecule has 1 aromatic carbocycles. The molecule has 1 rings (SSSR count). The SMILES string of the molecule is CSCCCC(=O)Nc1ccccc1O. The van der Waals surface area contributed by atoms with Crippen LogP contribution in [0, 0.1) is 0 Å². The predicted octanol–water partition coefficient (Wildman–Crippen LogP) is 2.47. The van der Waals surface area contributed by atoms with Crippen LogP contribution in [0.1, 0.15) is 12.8 Å². The molecule has 0 fully saturated rings. The van der Waals surface area contributed by atoms with E-state index in [2.05, 4.69) is 5.32 Å². The van der Waals surface area contributed by atoms with Gasteiger partial charge in [-0.25, -0.2) is 0 Å². The minimum Gasteiger partial charge on any atom is -0.506 e. The fraction of sp³-hybridized carbons (Fsp3) is 0.364. The van der Waals surface area contributed by atoms with Crippen molar-refractivity contribution in [3.63, 3.8) is 0 Å². The maximum Gasteiger partial charge on any atom is 0.224 e. The third-order valence-corrected chi connectivity index (χ3v) is 2.63. The number of phenolic OH excluding ortho intramolecular Hbond substituents is 1. The Bertz CT molecular complexity index is 328. The van der Waals surface area contributed by atoms with E-state index in [1.165, 1.54) is 0 Å². The molecule has 1 amide bonds. The van der Waals surface area contributed by atoms with Crippen LogP contribution in [0.25, 0.3) is 0 Å². The predicted molar refractivity (Wildman–Crippen MR) is 64.4 cm³/mol. The molecule has 82 valence electrons. The Morgan fingerprint density at radius 1 is 1.47 bits per heavy atom. The minimum absolute atomic E-state index is 0.0504. The zero-order valence-corrected chi connectivity index (χ0v) is 9.51. The molecule has 0 aliphatic heterocycles. The van der Waals surface area contributed by atoms with Crippen molar-refractivity contribution < 1.29 is 9.90 Å². The number of amides is 1. The second-order valence-corrected chi connectivity index (χ2v) is 4.15. The van der Waals surface area contributed by atoms with Crippen LogP contribution in [-0.4, -0.2) is 23.0 Å². The third-order valence-electron chi connectivity index (χ3n) is 1.93. The molecule has 4 heteroatoms. The quantitative estimate of drug-likeness (QED) is 0.598. The summed E-state index contributed by atoms with van der Waals surface area (Å²) in [6.07, 6.45) is 3.37. The van der Waals surface area contributed by atoms with Crippen LogP contribution in [0.3, 0.4) is 0 Å². The molecule has 0 bridgehead atoms. The molecule has 0 heterocycles. The van der Waals surface area contributed by atoms with Crippen molar-refractivity contribution in [1.82, 2.24) is 0 Å². The molecule has 3 nitrogen and oxygen atoms in total. The molecule has 0 saturated carbocycles. The Balaban J connectivity index is 2.41. The standard InChI is InChI=1S/C11H15NO2S/c1-15-8-4-7-11(14)12-9-5-2-3-6-10(9)13/h2-3,5-6,13H,4,7-8H2,1H3,(H,12,14). The summed E-state index contributed by atoms with van der Waals surface area (Å²) < 4.78 is 0. The number of carbonyl (C=O) groups excluding carboxylic acids is 1. The third kappa shape index (κ3) is 4.25. The van der Waals surface area contributed by atoms with E-state index in [1.807, 2.05) is 6.26 Å². The molecule has 15 heavy (non-hydrogen) atoms. The van der Waals surface area contributed by atoms with Gasteiger partial charge in [0.05, 0.1) is 5.69 Å². The first-order chi connectivity index (χ1) is 7.24. The van der Waals surface area contributed by atoms with E-state index >= 15 is 0 Å². The van der Waals surface area contributed by atoms with Gasteiger partial charge in [0.2, 0.25) is 5.91 Å². The smallest absolute Gasteiger partial charge is 0.224 e. The van der Waals surface area contributed by atoms with Crippen LogP contribution in [0.2, 0.25) is 0 Å². The molecular weight excluding hydrogens is 210 g/mol. The molecule has 2 N–H and O–H groups in total. The Labute approximate surface area is 93.9 Å². The van der Waals surface area contributed by atoms with Gasteiger partial charge < -0.3 is 10.4 Å². The number of nitrogens with one attached hydrogen (secondary N) is 1. The second kappa shape index (κ2) is 6.35. The van der Waals surface area contributed by atoms with Gasteiger partial charge in [-0.15, -0.1) is 0 Å². The Kier molecular flexibility index (Phi) is 5.04. The molecule has 0 unspecified atom stereocenters. The zero-order chi connectivity index (χ0) is 11.1. The maximum absolute atomic E-state index is 11.4. The lowest BCUT2D eigenvalue weighted by Gasteiger charge is -2.06. The number of anilines is 1. The fourth-order valence-electron chi connectivity index (χ4n) is 1.17. The van der Waals surface area contributed by atoms with Gasteiger partial charge in [0.15, 0.2) is 0 Å². The summed E-state index contributed by atoms with van der Waals surface area (Å²) in [7, 11) is 0. The lowest BCUT2D eigenvalue weighted by atomic mass is 10.2. The summed E-state index contributed by atoms with van der Waals surface area (Å²) in [6.45, 7) is 0. The van der Waals surface area contributed by atoms with Crippen LogP contribution >= 0.6 is 11.8 Å². The van der Waals surface area contributed by atoms with Gasteiger partial charge in [0.1, 0.15) is 5.75 Å². The van der Waals surface area contributed by atoms with Gasteiger partial charge in [0, 0.05) is 6.42 Å². The summed E-state index contributed by atoms with van der Waals surface area (Å²) in [4.78, 5) is 11.4. The number of benzene rings is 1. The molecule has 1 aromatic rings. The van der Waals surface area contributed by atoms with Gasteiger partial charge in [-0.05, 0) is 30.6 Å². The molecule has 0 saturated heterocycles. The van der Waals surface area contributed by atoms with E-state index in [0.717, 1.165) is 12.2 Å². The molecule has 0 spiro atoms. The van der Waals surface area contributed by atoms with Crippen molar-refractivity contribution in [2.24, 2.45) is 0 Å². The molecule has 0 aromatic heterocycles. The number of carbonyl (C=O) groups is 1. The molecule has 0 aliphatic carbocycles. The summed E-state index contributed by atoms with van der Waals surface area (Å²) in [5.74, 6) is 1.04. The number of thioether (sulfide) groups is 1. The lowest BCUT2D eigenvalue weighted by Crippen LogP contribution is -2.11. The van der Waals surface area contributed by atoms with E-state index in [-0.39, 0.29) is 11.7 Å². The highest BCUT2D eigenvalue weighted by Gasteiger charge is 2.04. The van der Waals surface area contributed by atoms with Gasteiger partial charge >= 0.3 is 0 Å². The van der Waals surface area contributed by atoms with Crippen molar-refractivity contribution in [2.75, 3.05) is 17.3 Å². The average molecular weight is 225 g/mol. The number of rotatable bonds is 5. The number of para-hydroxylation sites is 2. The Hall–Kier alpha value is -1.16. The normalized spacial score (nSPS) is 9.93. The first-order valence-corrected chi connectivity index (χ1v) is 6.20. The summed E-state index contributed by atoms with van der Waals surface area (Å²) in [6, 6.07) is 6.73. The van der Waals surface area contributed by atoms with Crippen molar-refractivity contribution >= 4 is 23.4 Å². The molecule has 0 aliphatic rings. The summed E-state index contributed by atoms with van der Waals surface area (Å²) in [5.41, 5.74) is 0.478. The van der Waals surface area contributed by atoms with E-state index in [0.29, 0.717) is 12.1 Å². The summed E-state index contributed by atoms with van der Waals surface area (Å²) >= 11 is 1.72. The van der Waals surface area contributed by atoms with Crippen LogP contribution in [0.15, 0.2) is 24.3 Å². The van der Waals surface area contributed by atoms with Crippen LogP contribution in [-0.2, 0) is 4.79 Å². The van der Waals surface area contributed by atoms with Gasteiger partial charge in [0.25, 0.3) is 0 Å². The largest absolute Gasteiger partial charge is 0.506 e. The highest BCUT2D eigenvalue weighted by Crippen LogP contribution is 2.21. The molecule has 0 radical (unpaired) electrons. The van der Waals surface area contributed by atoms with E-state index in [4.69, 9.17) is 0 Å². The van der Waals surface area contributed by atoms with Crippen LogP contribution < -0.4 is 5.32 Å². The highest BCUT2D eigenvalue weighted by molar-refractivity contribution is 7.98. The van der Waals surface area contributed by atoms with E-state index in [9.17, 15) is 9.90 Å². The lowest BCUT2D eigenvalue weighted by molar-refractivity contribution is -0.116. The van der Waals surface area contributed by atoms with Gasteiger partial charge in [-0.2, -0.15) is 11.8 Å². The number of aromatic hydroxyl groups is 1. The van der Waals surface area contributed by atoms with Crippen molar-refractivity contribution in [3.8, 4) is 5.75 Å². The van der Waals surface area contributed by atoms with Crippen LogP contribution in [0.4, 0.5) is 5.69 Å². The van der Waals surface area contributed by atoms with E-state index in [1.54, 1.807) is 36.0 Å². The van der Waals surface area contributed by atoms with Crippen molar-refractivity contribution in [2.45, 2.75) is 12.8 Å². The van der Waals surface area contributed by atoms with Crippen molar-refractivity contribution in [1.29, 1.82) is 0 Å². The average Bonchev–Trinajstić information content (AvgIpc) is 2.22. The van der Waals surface area contributed by atoms with Gasteiger partial charge in [-0.1, -0.05) is 12.1 Å². The highest BCUT2D eigenvalue weighted by atomic mass is 32.2. The van der Waals surface area contributed by atoms with Crippen molar-refractivity contribution in [3.05, 3.63) is 24.3 Å². The first-order valence-electron chi connectivity index (χ1n) is 4.81. The number of hydrogen-bond acceptors (Lipinski definition) is 3. The number of phenols is 1. The zero-order valence-electron chi connectivity index (χ0n) is 8.69. The Morgan fingerprint density at radius 3 is 2.87 bits per heavy atom. The monoisotopic (exact) mass is 225 g/mol. The first kappa shape index (κ1) is 11.9. The second-order valence-electron chi connectivity index (χ2n) is 3.16. The molecule has 0 atom stereocenters. The fourth-order valence-corrected chi connectivity index (χ4v) is 1.60. The Morgan fingerprint density at radius 2 is 2.20 bits per heavy atom. The topological polar surface area (TPSA) is 49.3 Å². The van der Waals surface area contributed by atoms with E-state index < -0.39 is 0 Å². The molecular formula is C11H15NO2S. The maximum atomic E-state index is 11.4.